The van der Waals surface area contributed by atoms with Crippen LogP contribution in [0, 0.1) is 5.41 Å². The monoisotopic (exact) mass is 395 g/mol. The van der Waals surface area contributed by atoms with Crippen LogP contribution < -0.4 is 5.32 Å². The molecular formula is C24H33N3O2. The molecule has 1 aliphatic heterocycles. The second-order valence-corrected chi connectivity index (χ2v) is 8.73. The second kappa shape index (κ2) is 9.12. The standard InChI is InChI=1S/C24H33N3O2/c1-2-25-23(28)24(14-9-15-27(18-24)20-12-7-4-8-13-20)17-21-16-22(26-29-21)19-10-5-3-6-11-19/h3,5-6,10-11,16,20H,2,4,7-9,12-15,17-18H2,1H3,(H,25,28)/t24-/m0/s1. The predicted octanol–water partition coefficient (Wildman–Crippen LogP) is 4.44. The first-order chi connectivity index (χ1) is 14.2. The zero-order valence-electron chi connectivity index (χ0n) is 17.5. The number of aromatic nitrogens is 1. The Morgan fingerprint density at radius 3 is 2.76 bits per heavy atom. The van der Waals surface area contributed by atoms with Crippen molar-refractivity contribution in [3.05, 3.63) is 42.2 Å². The van der Waals surface area contributed by atoms with E-state index < -0.39 is 5.41 Å². The Bertz CT molecular complexity index is 797. The lowest BCUT2D eigenvalue weighted by molar-refractivity contribution is -0.135. The van der Waals surface area contributed by atoms with Crippen LogP contribution in [0.1, 0.15) is 57.6 Å². The highest BCUT2D eigenvalue weighted by atomic mass is 16.5. The van der Waals surface area contributed by atoms with E-state index in [1.807, 2.05) is 43.3 Å². The Kier molecular flexibility index (Phi) is 6.34. The molecule has 1 saturated heterocycles. The van der Waals surface area contributed by atoms with Crippen molar-refractivity contribution < 1.29 is 9.32 Å². The Morgan fingerprint density at radius 1 is 1.21 bits per heavy atom. The van der Waals surface area contributed by atoms with Crippen molar-refractivity contribution in [2.24, 2.45) is 5.41 Å². The molecule has 4 rings (SSSR count). The predicted molar refractivity (Wildman–Crippen MR) is 114 cm³/mol. The van der Waals surface area contributed by atoms with Crippen molar-refractivity contribution in [2.75, 3.05) is 19.6 Å². The summed E-state index contributed by atoms with van der Waals surface area (Å²) in [6, 6.07) is 12.7. The first kappa shape index (κ1) is 20.1. The Labute approximate surface area is 173 Å². The third kappa shape index (κ3) is 4.55. The number of hydrogen-bond acceptors (Lipinski definition) is 4. The number of carbonyl (C=O) groups is 1. The minimum absolute atomic E-state index is 0.165. The van der Waals surface area contributed by atoms with Gasteiger partial charge in [-0.3, -0.25) is 9.69 Å². The number of nitrogens with one attached hydrogen (secondary N) is 1. The van der Waals surface area contributed by atoms with Crippen LogP contribution in [0.25, 0.3) is 11.3 Å². The topological polar surface area (TPSA) is 58.4 Å². The number of carbonyl (C=O) groups excluding carboxylic acids is 1. The van der Waals surface area contributed by atoms with Crippen LogP contribution in [0.2, 0.25) is 0 Å². The highest BCUT2D eigenvalue weighted by Crippen LogP contribution is 2.37. The molecule has 1 aromatic heterocycles. The molecule has 0 unspecified atom stereocenters. The second-order valence-electron chi connectivity index (χ2n) is 8.73. The maximum absolute atomic E-state index is 13.2. The number of nitrogens with zero attached hydrogens (tertiary/aromatic N) is 2. The molecule has 0 spiro atoms. The van der Waals surface area contributed by atoms with Crippen LogP contribution >= 0.6 is 0 Å². The van der Waals surface area contributed by atoms with Crippen molar-refractivity contribution in [2.45, 2.75) is 64.3 Å². The molecule has 5 heteroatoms. The summed E-state index contributed by atoms with van der Waals surface area (Å²) in [5.41, 5.74) is 1.45. The minimum Gasteiger partial charge on any atom is -0.361 e. The fraction of sp³-hybridized carbons (Fsp3) is 0.583. The van der Waals surface area contributed by atoms with Gasteiger partial charge in [0.2, 0.25) is 5.91 Å². The fourth-order valence-electron chi connectivity index (χ4n) is 5.16. The van der Waals surface area contributed by atoms with Crippen molar-refractivity contribution >= 4 is 5.91 Å². The van der Waals surface area contributed by atoms with E-state index in [1.54, 1.807) is 0 Å². The van der Waals surface area contributed by atoms with Gasteiger partial charge in [0, 0.05) is 37.2 Å². The first-order valence-electron chi connectivity index (χ1n) is 11.2. The lowest BCUT2D eigenvalue weighted by Gasteiger charge is -2.45. The molecule has 0 radical (unpaired) electrons. The number of rotatable bonds is 6. The number of hydrogen-bond donors (Lipinski definition) is 1. The molecule has 1 amide bonds. The zero-order chi connectivity index (χ0) is 20.1. The summed E-state index contributed by atoms with van der Waals surface area (Å²) in [5.74, 6) is 0.971. The van der Waals surface area contributed by atoms with Crippen LogP contribution in [0.15, 0.2) is 40.9 Å². The molecule has 1 N–H and O–H groups in total. The maximum atomic E-state index is 13.2. The smallest absolute Gasteiger partial charge is 0.227 e. The molecular weight excluding hydrogens is 362 g/mol. The molecule has 29 heavy (non-hydrogen) atoms. The molecule has 156 valence electrons. The van der Waals surface area contributed by atoms with Crippen molar-refractivity contribution in [1.29, 1.82) is 0 Å². The lowest BCUT2D eigenvalue weighted by Crippen LogP contribution is -2.55. The molecule has 1 aliphatic carbocycles. The molecule has 5 nitrogen and oxygen atoms in total. The van der Waals surface area contributed by atoms with Crippen molar-refractivity contribution in [3.63, 3.8) is 0 Å². The third-order valence-corrected chi connectivity index (χ3v) is 6.66. The first-order valence-corrected chi connectivity index (χ1v) is 11.2. The molecule has 1 saturated carbocycles. The number of benzene rings is 1. The van der Waals surface area contributed by atoms with Crippen LogP contribution in [-0.2, 0) is 11.2 Å². The molecule has 1 aromatic carbocycles. The maximum Gasteiger partial charge on any atom is 0.227 e. The molecule has 2 aliphatic rings. The van der Waals surface area contributed by atoms with Gasteiger partial charge in [-0.05, 0) is 39.2 Å². The highest BCUT2D eigenvalue weighted by Gasteiger charge is 2.44. The van der Waals surface area contributed by atoms with E-state index in [-0.39, 0.29) is 5.91 Å². The number of likely N-dealkylation sites (tertiary alicyclic amines) is 1. The Hall–Kier alpha value is -2.14. The lowest BCUT2D eigenvalue weighted by atomic mass is 9.74. The van der Waals surface area contributed by atoms with E-state index in [0.717, 1.165) is 42.9 Å². The van der Waals surface area contributed by atoms with Gasteiger partial charge in [0.15, 0.2) is 0 Å². The Morgan fingerprint density at radius 2 is 2.00 bits per heavy atom. The van der Waals surface area contributed by atoms with Crippen LogP contribution in [0.5, 0.6) is 0 Å². The van der Waals surface area contributed by atoms with E-state index in [0.29, 0.717) is 19.0 Å². The van der Waals surface area contributed by atoms with Crippen LogP contribution in [0.4, 0.5) is 0 Å². The highest BCUT2D eigenvalue weighted by molar-refractivity contribution is 5.83. The van der Waals surface area contributed by atoms with E-state index in [4.69, 9.17) is 4.52 Å². The average molecular weight is 396 g/mol. The van der Waals surface area contributed by atoms with E-state index in [2.05, 4.69) is 15.4 Å². The van der Waals surface area contributed by atoms with Gasteiger partial charge in [-0.25, -0.2) is 0 Å². The van der Waals surface area contributed by atoms with Gasteiger partial charge in [-0.15, -0.1) is 0 Å². The van der Waals surface area contributed by atoms with Gasteiger partial charge in [0.1, 0.15) is 11.5 Å². The largest absolute Gasteiger partial charge is 0.361 e. The van der Waals surface area contributed by atoms with E-state index in [1.165, 1.54) is 32.1 Å². The van der Waals surface area contributed by atoms with Crippen molar-refractivity contribution in [1.82, 2.24) is 15.4 Å². The molecule has 1 atom stereocenters. The van der Waals surface area contributed by atoms with Gasteiger partial charge >= 0.3 is 0 Å². The average Bonchev–Trinajstić information content (AvgIpc) is 3.23. The molecule has 2 fully saturated rings. The molecule has 2 heterocycles. The summed E-state index contributed by atoms with van der Waals surface area (Å²) in [7, 11) is 0. The van der Waals surface area contributed by atoms with Gasteiger partial charge in [-0.2, -0.15) is 0 Å². The number of amides is 1. The minimum atomic E-state index is -0.431. The SMILES string of the molecule is CCNC(=O)[C@]1(Cc2cc(-c3ccccc3)no2)CCCN(C2CCCCC2)C1. The third-order valence-electron chi connectivity index (χ3n) is 6.66. The summed E-state index contributed by atoms with van der Waals surface area (Å²) in [5, 5.41) is 7.39. The summed E-state index contributed by atoms with van der Waals surface area (Å²) in [6.07, 6.45) is 9.11. The van der Waals surface area contributed by atoms with Gasteiger partial charge < -0.3 is 9.84 Å². The normalized spacial score (nSPS) is 23.8. The quantitative estimate of drug-likeness (QED) is 0.786. The summed E-state index contributed by atoms with van der Waals surface area (Å²) in [6.45, 7) is 4.59. The van der Waals surface area contributed by atoms with Gasteiger partial charge in [0.05, 0.1) is 5.41 Å². The van der Waals surface area contributed by atoms with Crippen LogP contribution in [0.3, 0.4) is 0 Å². The van der Waals surface area contributed by atoms with E-state index >= 15 is 0 Å². The summed E-state index contributed by atoms with van der Waals surface area (Å²) in [4.78, 5) is 15.8. The van der Waals surface area contributed by atoms with Crippen LogP contribution in [-0.4, -0.2) is 41.6 Å². The van der Waals surface area contributed by atoms with E-state index in [9.17, 15) is 4.79 Å². The number of piperidine rings is 1. The molecule has 2 aromatic rings. The van der Waals surface area contributed by atoms with Gasteiger partial charge in [-0.1, -0.05) is 54.8 Å². The summed E-state index contributed by atoms with van der Waals surface area (Å²) >= 11 is 0. The van der Waals surface area contributed by atoms with Gasteiger partial charge in [0.25, 0.3) is 0 Å². The Balaban J connectivity index is 1.55. The fourth-order valence-corrected chi connectivity index (χ4v) is 5.16. The summed E-state index contributed by atoms with van der Waals surface area (Å²) < 4.78 is 5.71. The molecule has 0 bridgehead atoms. The zero-order valence-corrected chi connectivity index (χ0v) is 17.5. The van der Waals surface area contributed by atoms with Crippen molar-refractivity contribution in [3.8, 4) is 11.3 Å².